The zero-order valence-corrected chi connectivity index (χ0v) is 15.1. The van der Waals surface area contributed by atoms with Crippen molar-refractivity contribution in [1.29, 1.82) is 0 Å². The van der Waals surface area contributed by atoms with E-state index >= 15 is 0 Å². The van der Waals surface area contributed by atoms with E-state index in [9.17, 15) is 16.8 Å². The van der Waals surface area contributed by atoms with E-state index in [2.05, 4.69) is 4.18 Å². The van der Waals surface area contributed by atoms with Gasteiger partial charge in [-0.05, 0) is 47.7 Å². The predicted octanol–water partition coefficient (Wildman–Crippen LogP) is 1.03. The van der Waals surface area contributed by atoms with Gasteiger partial charge >= 0.3 is 20.6 Å². The number of nitrogens with two attached hydrogens (primary N) is 2. The number of para-hydroxylation sites is 1. The second kappa shape index (κ2) is 6.72. The van der Waals surface area contributed by atoms with Gasteiger partial charge in [-0.3, -0.25) is 0 Å². The van der Waals surface area contributed by atoms with E-state index in [1.54, 1.807) is 30.3 Å². The van der Waals surface area contributed by atoms with Crippen LogP contribution >= 0.6 is 0 Å². The number of hydrogen-bond donors (Lipinski definition) is 2. The molecule has 0 atom stereocenters. The minimum atomic E-state index is -4.13. The lowest BCUT2D eigenvalue weighted by atomic mass is 9.88. The average Bonchev–Trinajstić information content (AvgIpc) is 2.52. The van der Waals surface area contributed by atoms with Crippen molar-refractivity contribution in [2.75, 3.05) is 0 Å². The first kappa shape index (κ1) is 18.4. The van der Waals surface area contributed by atoms with Gasteiger partial charge in [-0.1, -0.05) is 30.3 Å². The maximum Gasteiger partial charge on any atom is 0.380 e. The first-order valence-corrected chi connectivity index (χ1v) is 10.4. The molecule has 0 aliphatic heterocycles. The minimum Gasteiger partial charge on any atom is -0.371 e. The molecule has 0 heterocycles. The molecule has 0 unspecified atom stereocenters. The highest BCUT2D eigenvalue weighted by Gasteiger charge is 2.18. The Balaban J connectivity index is 1.90. The van der Waals surface area contributed by atoms with E-state index in [0.29, 0.717) is 18.4 Å². The van der Waals surface area contributed by atoms with Crippen LogP contribution in [-0.2, 0) is 33.4 Å². The summed E-state index contributed by atoms with van der Waals surface area (Å²) in [7, 11) is -8.22. The number of benzene rings is 2. The van der Waals surface area contributed by atoms with Crippen LogP contribution in [0, 0.1) is 0 Å². The fourth-order valence-corrected chi connectivity index (χ4v) is 3.56. The predicted molar refractivity (Wildman–Crippen MR) is 95.7 cm³/mol. The minimum absolute atomic E-state index is 0.140. The summed E-state index contributed by atoms with van der Waals surface area (Å²) in [6, 6.07) is 11.6. The third-order valence-electron chi connectivity index (χ3n) is 3.78. The zero-order valence-electron chi connectivity index (χ0n) is 13.5. The van der Waals surface area contributed by atoms with Crippen LogP contribution in [0.1, 0.15) is 16.7 Å². The van der Waals surface area contributed by atoms with Crippen molar-refractivity contribution in [3.05, 3.63) is 65.2 Å². The maximum absolute atomic E-state index is 11.2. The third-order valence-corrected chi connectivity index (χ3v) is 4.61. The van der Waals surface area contributed by atoms with Crippen LogP contribution in [0.15, 0.2) is 48.5 Å². The van der Waals surface area contributed by atoms with Crippen molar-refractivity contribution in [3.63, 3.8) is 0 Å². The standard InChI is InChI=1S/C16H16N2O6S2/c17-25(19,20)23-14-8-7-11-9-13(6-5-12(11)10-14)15-3-1-2-4-16(15)24-26(18,21)22/h1-4,6-8,10H,5,9H2,(H2,17,19,20)(H2,18,21,22). The summed E-state index contributed by atoms with van der Waals surface area (Å²) in [5.74, 6) is 0.292. The van der Waals surface area contributed by atoms with Crippen LogP contribution in [0.25, 0.3) is 5.57 Å². The fraction of sp³-hybridized carbons (Fsp3) is 0.125. The Morgan fingerprint density at radius 1 is 0.846 bits per heavy atom. The molecule has 2 aromatic rings. The van der Waals surface area contributed by atoms with E-state index < -0.39 is 20.6 Å². The van der Waals surface area contributed by atoms with Gasteiger partial charge in [0.15, 0.2) is 5.75 Å². The van der Waals surface area contributed by atoms with Gasteiger partial charge in [0.05, 0.1) is 0 Å². The van der Waals surface area contributed by atoms with E-state index in [1.807, 2.05) is 6.08 Å². The first-order valence-electron chi connectivity index (χ1n) is 7.45. The molecule has 1 aliphatic rings. The molecule has 8 nitrogen and oxygen atoms in total. The molecule has 0 aromatic heterocycles. The Labute approximate surface area is 151 Å². The largest absolute Gasteiger partial charge is 0.380 e. The van der Waals surface area contributed by atoms with Crippen LogP contribution in [-0.4, -0.2) is 16.8 Å². The lowest BCUT2D eigenvalue weighted by molar-refractivity contribution is 0.485. The molecule has 0 fully saturated rings. The van der Waals surface area contributed by atoms with Gasteiger partial charge in [0, 0.05) is 5.56 Å². The van der Waals surface area contributed by atoms with Crippen molar-refractivity contribution in [3.8, 4) is 11.5 Å². The summed E-state index contributed by atoms with van der Waals surface area (Å²) in [6.07, 6.45) is 2.93. The first-order chi connectivity index (χ1) is 12.1. The molecule has 0 amide bonds. The molecule has 1 aliphatic carbocycles. The molecule has 0 spiro atoms. The summed E-state index contributed by atoms with van der Waals surface area (Å²) in [5, 5.41) is 9.84. The summed E-state index contributed by atoms with van der Waals surface area (Å²) in [4.78, 5) is 0. The summed E-state index contributed by atoms with van der Waals surface area (Å²) < 4.78 is 54.1. The quantitative estimate of drug-likeness (QED) is 0.774. The molecule has 0 saturated heterocycles. The normalized spacial score (nSPS) is 14.3. The lowest BCUT2D eigenvalue weighted by Crippen LogP contribution is -2.20. The van der Waals surface area contributed by atoms with E-state index in [1.165, 1.54) is 12.1 Å². The molecule has 3 rings (SSSR count). The summed E-state index contributed by atoms with van der Waals surface area (Å²) >= 11 is 0. The van der Waals surface area contributed by atoms with Gasteiger partial charge in [0.1, 0.15) is 5.75 Å². The number of fused-ring (bicyclic) bond motifs is 1. The Bertz CT molecular complexity index is 1090. The molecule has 26 heavy (non-hydrogen) atoms. The molecule has 10 heteroatoms. The Hall–Kier alpha value is -2.40. The molecular formula is C16H16N2O6S2. The van der Waals surface area contributed by atoms with Crippen LogP contribution < -0.4 is 18.6 Å². The third kappa shape index (κ3) is 4.61. The van der Waals surface area contributed by atoms with Gasteiger partial charge in [0.2, 0.25) is 0 Å². The molecule has 2 aromatic carbocycles. The van der Waals surface area contributed by atoms with Crippen molar-refractivity contribution >= 4 is 26.2 Å². The highest BCUT2D eigenvalue weighted by Crippen LogP contribution is 2.34. The second-order valence-corrected chi connectivity index (χ2v) is 7.99. The van der Waals surface area contributed by atoms with Crippen LogP contribution in [0.5, 0.6) is 11.5 Å². The van der Waals surface area contributed by atoms with E-state index in [-0.39, 0.29) is 11.5 Å². The maximum atomic E-state index is 11.2. The molecule has 4 N–H and O–H groups in total. The van der Waals surface area contributed by atoms with Gasteiger partial charge in [-0.25, -0.2) is 0 Å². The highest BCUT2D eigenvalue weighted by atomic mass is 32.2. The summed E-state index contributed by atoms with van der Waals surface area (Å²) in [6.45, 7) is 0. The Morgan fingerprint density at radius 2 is 1.54 bits per heavy atom. The highest BCUT2D eigenvalue weighted by molar-refractivity contribution is 7.85. The Morgan fingerprint density at radius 3 is 2.23 bits per heavy atom. The fourth-order valence-electron chi connectivity index (χ4n) is 2.80. The Kier molecular flexibility index (Phi) is 4.76. The second-order valence-electron chi connectivity index (χ2n) is 5.69. The molecule has 0 saturated carbocycles. The zero-order chi connectivity index (χ0) is 18.9. The number of hydrogen-bond acceptors (Lipinski definition) is 6. The van der Waals surface area contributed by atoms with Gasteiger partial charge in [0.25, 0.3) is 0 Å². The SMILES string of the molecule is NS(=O)(=O)Oc1ccc2c(c1)CC=C(c1ccccc1OS(N)(=O)=O)C2. The lowest BCUT2D eigenvalue weighted by Gasteiger charge is -2.19. The molecule has 0 radical (unpaired) electrons. The molecule has 0 bridgehead atoms. The van der Waals surface area contributed by atoms with Gasteiger partial charge in [-0.2, -0.15) is 27.1 Å². The summed E-state index contributed by atoms with van der Waals surface area (Å²) in [5.41, 5.74) is 3.34. The van der Waals surface area contributed by atoms with Crippen molar-refractivity contribution < 1.29 is 25.2 Å². The smallest absolute Gasteiger partial charge is 0.371 e. The van der Waals surface area contributed by atoms with E-state index in [0.717, 1.165) is 16.7 Å². The van der Waals surface area contributed by atoms with E-state index in [4.69, 9.17) is 14.5 Å². The van der Waals surface area contributed by atoms with Crippen molar-refractivity contribution in [1.82, 2.24) is 0 Å². The molecule has 138 valence electrons. The molecular weight excluding hydrogens is 380 g/mol. The van der Waals surface area contributed by atoms with Crippen LogP contribution in [0.4, 0.5) is 0 Å². The van der Waals surface area contributed by atoms with Gasteiger partial charge < -0.3 is 8.37 Å². The number of allylic oxidation sites excluding steroid dienone is 2. The average molecular weight is 396 g/mol. The van der Waals surface area contributed by atoms with Crippen LogP contribution in [0.3, 0.4) is 0 Å². The van der Waals surface area contributed by atoms with Crippen molar-refractivity contribution in [2.45, 2.75) is 12.8 Å². The monoisotopic (exact) mass is 396 g/mol. The van der Waals surface area contributed by atoms with Crippen molar-refractivity contribution in [2.24, 2.45) is 10.3 Å². The van der Waals surface area contributed by atoms with Crippen LogP contribution in [0.2, 0.25) is 0 Å². The van der Waals surface area contributed by atoms with Gasteiger partial charge in [-0.15, -0.1) is 0 Å². The topological polar surface area (TPSA) is 139 Å². The number of rotatable bonds is 5.